The first-order valence-electron chi connectivity index (χ1n) is 6.97. The van der Waals surface area contributed by atoms with Gasteiger partial charge in [0.1, 0.15) is 18.5 Å². The Morgan fingerprint density at radius 2 is 1.82 bits per heavy atom. The van der Waals surface area contributed by atoms with Gasteiger partial charge in [-0.05, 0) is 12.8 Å². The van der Waals surface area contributed by atoms with Crippen molar-refractivity contribution in [2.75, 3.05) is 20.2 Å². The molecule has 0 bridgehead atoms. The summed E-state index contributed by atoms with van der Waals surface area (Å²) in [7, 11) is 1.52. The molecule has 9 heteroatoms. The second kappa shape index (κ2) is 11.1. The predicted molar refractivity (Wildman–Crippen MR) is 75.6 cm³/mol. The Morgan fingerprint density at radius 1 is 1.18 bits per heavy atom. The van der Waals surface area contributed by atoms with E-state index in [0.717, 1.165) is 0 Å². The number of amides is 2. The van der Waals surface area contributed by atoms with E-state index in [1.54, 1.807) is 0 Å². The summed E-state index contributed by atoms with van der Waals surface area (Å²) in [5, 5.41) is 42.0. The minimum atomic E-state index is -1.84. The number of hydrogen-bond donors (Lipinski definition) is 6. The van der Waals surface area contributed by atoms with Gasteiger partial charge in [-0.2, -0.15) is 0 Å². The SMILES string of the molecule is CNC(=O)CCCCNC(=O)C(O)C(C=O)C(O)C(O)CO. The van der Waals surface area contributed by atoms with E-state index in [0.29, 0.717) is 19.3 Å². The molecule has 0 rings (SSSR count). The van der Waals surface area contributed by atoms with E-state index in [1.165, 1.54) is 7.05 Å². The molecular weight excluding hydrogens is 296 g/mol. The maximum absolute atomic E-state index is 11.7. The zero-order valence-corrected chi connectivity index (χ0v) is 12.4. The van der Waals surface area contributed by atoms with E-state index in [1.807, 2.05) is 0 Å². The molecule has 0 spiro atoms. The fourth-order valence-corrected chi connectivity index (χ4v) is 1.73. The van der Waals surface area contributed by atoms with Crippen LogP contribution in [0.2, 0.25) is 0 Å². The predicted octanol–water partition coefficient (Wildman–Crippen LogP) is -3.09. The van der Waals surface area contributed by atoms with Crippen molar-refractivity contribution in [1.29, 1.82) is 0 Å². The number of aldehydes is 1. The van der Waals surface area contributed by atoms with Crippen LogP contribution in [0.3, 0.4) is 0 Å². The molecule has 128 valence electrons. The zero-order chi connectivity index (χ0) is 17.1. The maximum Gasteiger partial charge on any atom is 0.249 e. The van der Waals surface area contributed by atoms with E-state index in [9.17, 15) is 29.7 Å². The Morgan fingerprint density at radius 3 is 2.32 bits per heavy atom. The summed E-state index contributed by atoms with van der Waals surface area (Å²) in [5.74, 6) is -2.54. The Bertz CT molecular complexity index is 364. The van der Waals surface area contributed by atoms with Crippen molar-refractivity contribution < 1.29 is 34.8 Å². The van der Waals surface area contributed by atoms with Crippen LogP contribution in [-0.4, -0.2) is 77.0 Å². The molecule has 9 nitrogen and oxygen atoms in total. The largest absolute Gasteiger partial charge is 0.394 e. The summed E-state index contributed by atoms with van der Waals surface area (Å²) in [6.45, 7) is -0.615. The first-order valence-corrected chi connectivity index (χ1v) is 6.97. The molecule has 0 aliphatic carbocycles. The summed E-state index contributed by atoms with van der Waals surface area (Å²) >= 11 is 0. The monoisotopic (exact) mass is 320 g/mol. The molecule has 0 radical (unpaired) electrons. The molecule has 4 unspecified atom stereocenters. The van der Waals surface area contributed by atoms with E-state index >= 15 is 0 Å². The molecule has 0 fully saturated rings. The van der Waals surface area contributed by atoms with Gasteiger partial charge < -0.3 is 35.9 Å². The van der Waals surface area contributed by atoms with Crippen LogP contribution in [0.1, 0.15) is 19.3 Å². The number of rotatable bonds is 11. The quantitative estimate of drug-likeness (QED) is 0.174. The minimum Gasteiger partial charge on any atom is -0.394 e. The smallest absolute Gasteiger partial charge is 0.249 e. The third-order valence-electron chi connectivity index (χ3n) is 3.17. The standard InChI is InChI=1S/C13H24N2O7/c1-14-10(19)4-2-3-5-15-13(22)12(21)8(6-16)11(20)9(18)7-17/h6,8-9,11-12,17-18,20-21H,2-5,7H2,1H3,(H,14,19)(H,15,22). The molecular formula is C13H24N2O7. The molecule has 4 atom stereocenters. The molecule has 6 N–H and O–H groups in total. The summed E-state index contributed by atoms with van der Waals surface area (Å²) in [6.07, 6.45) is -3.72. The number of carbonyl (C=O) groups excluding carboxylic acids is 3. The van der Waals surface area contributed by atoms with Crippen molar-refractivity contribution >= 4 is 18.1 Å². The fraction of sp³-hybridized carbons (Fsp3) is 0.769. The second-order valence-electron chi connectivity index (χ2n) is 4.82. The van der Waals surface area contributed by atoms with Gasteiger partial charge in [0.15, 0.2) is 0 Å². The van der Waals surface area contributed by atoms with Crippen molar-refractivity contribution in [3.8, 4) is 0 Å². The number of carbonyl (C=O) groups is 3. The molecule has 0 saturated carbocycles. The number of unbranched alkanes of at least 4 members (excludes halogenated alkanes) is 1. The molecule has 22 heavy (non-hydrogen) atoms. The van der Waals surface area contributed by atoms with Crippen molar-refractivity contribution in [3.05, 3.63) is 0 Å². The lowest BCUT2D eigenvalue weighted by atomic mass is 9.93. The Labute approximate surface area is 128 Å². The van der Waals surface area contributed by atoms with Crippen LogP contribution < -0.4 is 10.6 Å². The lowest BCUT2D eigenvalue weighted by Crippen LogP contribution is -2.48. The topological polar surface area (TPSA) is 156 Å². The molecule has 0 aromatic heterocycles. The van der Waals surface area contributed by atoms with Crippen LogP contribution in [0.25, 0.3) is 0 Å². The highest BCUT2D eigenvalue weighted by Crippen LogP contribution is 2.11. The number of hydrogen-bond acceptors (Lipinski definition) is 7. The highest BCUT2D eigenvalue weighted by Gasteiger charge is 2.35. The molecule has 0 heterocycles. The first-order chi connectivity index (χ1) is 10.4. The molecule has 0 aromatic rings. The molecule has 2 amide bonds. The van der Waals surface area contributed by atoms with Gasteiger partial charge in [0.25, 0.3) is 0 Å². The Balaban J connectivity index is 4.23. The van der Waals surface area contributed by atoms with Gasteiger partial charge in [0, 0.05) is 20.0 Å². The van der Waals surface area contributed by atoms with E-state index < -0.39 is 36.7 Å². The average Bonchev–Trinajstić information content (AvgIpc) is 2.53. The number of nitrogens with one attached hydrogen (secondary N) is 2. The van der Waals surface area contributed by atoms with Gasteiger partial charge in [-0.1, -0.05) is 0 Å². The van der Waals surface area contributed by atoms with Crippen molar-refractivity contribution in [2.45, 2.75) is 37.6 Å². The van der Waals surface area contributed by atoms with Gasteiger partial charge in [0.05, 0.1) is 18.6 Å². The van der Waals surface area contributed by atoms with Gasteiger partial charge in [0.2, 0.25) is 11.8 Å². The fourth-order valence-electron chi connectivity index (χ4n) is 1.73. The lowest BCUT2D eigenvalue weighted by molar-refractivity contribution is -0.144. The van der Waals surface area contributed by atoms with Crippen LogP contribution in [0.15, 0.2) is 0 Å². The lowest BCUT2D eigenvalue weighted by Gasteiger charge is -2.25. The van der Waals surface area contributed by atoms with Crippen molar-refractivity contribution in [2.24, 2.45) is 5.92 Å². The molecule has 0 aliphatic heterocycles. The van der Waals surface area contributed by atoms with E-state index in [4.69, 9.17) is 5.11 Å². The highest BCUT2D eigenvalue weighted by atomic mass is 16.4. The number of aliphatic hydroxyl groups excluding tert-OH is 4. The Kier molecular flexibility index (Phi) is 10.3. The van der Waals surface area contributed by atoms with Crippen molar-refractivity contribution in [1.82, 2.24) is 10.6 Å². The Hall–Kier alpha value is -1.55. The minimum absolute atomic E-state index is 0.117. The van der Waals surface area contributed by atoms with Crippen LogP contribution >= 0.6 is 0 Å². The summed E-state index contributed by atoms with van der Waals surface area (Å²) in [4.78, 5) is 33.5. The number of aliphatic hydroxyl groups is 4. The normalized spacial score (nSPS) is 16.2. The van der Waals surface area contributed by atoms with Gasteiger partial charge >= 0.3 is 0 Å². The maximum atomic E-state index is 11.7. The van der Waals surface area contributed by atoms with Crippen LogP contribution in [0, 0.1) is 5.92 Å². The summed E-state index contributed by atoms with van der Waals surface area (Å²) in [6, 6.07) is 0. The third kappa shape index (κ3) is 6.94. The molecule has 0 saturated heterocycles. The third-order valence-corrected chi connectivity index (χ3v) is 3.17. The second-order valence-corrected chi connectivity index (χ2v) is 4.82. The molecule has 0 aliphatic rings. The molecule has 0 aromatic carbocycles. The average molecular weight is 320 g/mol. The summed E-state index contributed by atoms with van der Waals surface area (Å²) in [5.41, 5.74) is 0. The van der Waals surface area contributed by atoms with Gasteiger partial charge in [-0.15, -0.1) is 0 Å². The van der Waals surface area contributed by atoms with E-state index in [2.05, 4.69) is 10.6 Å². The highest BCUT2D eigenvalue weighted by molar-refractivity contribution is 5.84. The van der Waals surface area contributed by atoms with Gasteiger partial charge in [-0.3, -0.25) is 9.59 Å². The van der Waals surface area contributed by atoms with Crippen LogP contribution in [-0.2, 0) is 14.4 Å². The van der Waals surface area contributed by atoms with Crippen LogP contribution in [0.5, 0.6) is 0 Å². The first kappa shape index (κ1) is 20.5. The zero-order valence-electron chi connectivity index (χ0n) is 12.4. The van der Waals surface area contributed by atoms with Crippen LogP contribution in [0.4, 0.5) is 0 Å². The van der Waals surface area contributed by atoms with Crippen molar-refractivity contribution in [3.63, 3.8) is 0 Å². The van der Waals surface area contributed by atoms with E-state index in [-0.39, 0.29) is 18.7 Å². The summed E-state index contributed by atoms with van der Waals surface area (Å²) < 4.78 is 0. The van der Waals surface area contributed by atoms with Gasteiger partial charge in [-0.25, -0.2) is 0 Å².